The fraction of sp³-hybridized carbons (Fsp3) is 0.436. The molecule has 6 heterocycles. The number of anilines is 3. The Morgan fingerprint density at radius 3 is 2.40 bits per heavy atom. The van der Waals surface area contributed by atoms with E-state index in [1.165, 1.54) is 12.1 Å². The van der Waals surface area contributed by atoms with E-state index in [0.29, 0.717) is 23.0 Å². The number of aromatic nitrogens is 4. The third kappa shape index (κ3) is 6.68. The van der Waals surface area contributed by atoms with Crippen LogP contribution in [0.3, 0.4) is 0 Å². The lowest BCUT2D eigenvalue weighted by Crippen LogP contribution is -2.54. The number of imide groups is 2. The van der Waals surface area contributed by atoms with Crippen LogP contribution in [0, 0.1) is 5.82 Å². The molecule has 0 radical (unpaired) electrons. The number of hydrogen-bond donors (Lipinski definition) is 2. The maximum Gasteiger partial charge on any atom is 0.270 e. The Morgan fingerprint density at radius 2 is 1.71 bits per heavy atom. The lowest BCUT2D eigenvalue weighted by atomic mass is 10.0. The van der Waals surface area contributed by atoms with Gasteiger partial charge in [-0.3, -0.25) is 39.1 Å². The van der Waals surface area contributed by atoms with Crippen molar-refractivity contribution < 1.29 is 28.4 Å². The summed E-state index contributed by atoms with van der Waals surface area (Å²) in [6.07, 6.45) is 9.46. The molecule has 3 aliphatic heterocycles. The Bertz CT molecular complexity index is 2210. The van der Waals surface area contributed by atoms with Crippen LogP contribution in [0.5, 0.6) is 0 Å². The summed E-state index contributed by atoms with van der Waals surface area (Å²) >= 11 is 0. The molecule has 1 atom stereocenters. The van der Waals surface area contributed by atoms with Gasteiger partial charge in [-0.2, -0.15) is 4.98 Å². The Balaban J connectivity index is 0.890. The van der Waals surface area contributed by atoms with E-state index in [9.17, 15) is 24.0 Å². The third-order valence-corrected chi connectivity index (χ3v) is 11.4. The molecule has 2 saturated heterocycles. The van der Waals surface area contributed by atoms with Gasteiger partial charge in [0.1, 0.15) is 29.0 Å². The first-order valence-electron chi connectivity index (χ1n) is 18.8. The molecule has 2 N–H and O–H groups in total. The first-order chi connectivity index (χ1) is 26.5. The fourth-order valence-corrected chi connectivity index (χ4v) is 8.40. The van der Waals surface area contributed by atoms with Crippen molar-refractivity contribution in [1.29, 1.82) is 0 Å². The monoisotopic (exact) mass is 750 g/mol. The molecule has 55 heavy (non-hydrogen) atoms. The summed E-state index contributed by atoms with van der Waals surface area (Å²) in [5.74, 6) is -2.60. The van der Waals surface area contributed by atoms with Gasteiger partial charge in [-0.15, -0.1) is 0 Å². The van der Waals surface area contributed by atoms with Gasteiger partial charge in [-0.05, 0) is 63.4 Å². The van der Waals surface area contributed by atoms with E-state index in [4.69, 9.17) is 4.98 Å². The van der Waals surface area contributed by atoms with Crippen molar-refractivity contribution in [3.05, 3.63) is 70.9 Å². The van der Waals surface area contributed by atoms with E-state index < -0.39 is 35.5 Å². The van der Waals surface area contributed by atoms with Gasteiger partial charge >= 0.3 is 0 Å². The fourth-order valence-electron chi connectivity index (χ4n) is 8.40. The molecule has 1 aromatic carbocycles. The number of carbonyl (C=O) groups is 5. The van der Waals surface area contributed by atoms with E-state index >= 15 is 4.39 Å². The van der Waals surface area contributed by atoms with Gasteiger partial charge in [-0.1, -0.05) is 18.9 Å². The highest BCUT2D eigenvalue weighted by atomic mass is 19.1. The van der Waals surface area contributed by atoms with Crippen molar-refractivity contribution in [1.82, 2.24) is 39.5 Å². The Hall–Kier alpha value is -5.77. The number of hydrogen-bond acceptors (Lipinski definition) is 11. The van der Waals surface area contributed by atoms with Gasteiger partial charge in [0.25, 0.3) is 17.7 Å². The smallest absolute Gasteiger partial charge is 0.270 e. The van der Waals surface area contributed by atoms with Crippen LogP contribution in [0.25, 0.3) is 11.0 Å². The number of carbonyl (C=O) groups excluding carboxylic acids is 5. The van der Waals surface area contributed by atoms with E-state index in [-0.39, 0.29) is 48.5 Å². The topological polar surface area (TPSA) is 166 Å². The largest absolute Gasteiger partial charge is 0.370 e. The lowest BCUT2D eigenvalue weighted by molar-refractivity contribution is -0.136. The van der Waals surface area contributed by atoms with E-state index in [1.54, 1.807) is 25.2 Å². The molecular weight excluding hydrogens is 707 g/mol. The van der Waals surface area contributed by atoms with Gasteiger partial charge in [0.2, 0.25) is 17.8 Å². The highest BCUT2D eigenvalue weighted by Crippen LogP contribution is 2.36. The van der Waals surface area contributed by atoms with Crippen molar-refractivity contribution in [3.63, 3.8) is 0 Å². The zero-order chi connectivity index (χ0) is 38.5. The van der Waals surface area contributed by atoms with Gasteiger partial charge in [0, 0.05) is 69.4 Å². The number of nitrogens with one attached hydrogen (secondary N) is 2. The van der Waals surface area contributed by atoms with Crippen LogP contribution in [0.4, 0.5) is 21.8 Å². The molecule has 3 aromatic heterocycles. The van der Waals surface area contributed by atoms with Gasteiger partial charge < -0.3 is 19.7 Å². The van der Waals surface area contributed by atoms with Crippen molar-refractivity contribution >= 4 is 58.0 Å². The third-order valence-electron chi connectivity index (χ3n) is 11.4. The van der Waals surface area contributed by atoms with Crippen LogP contribution < -0.4 is 15.5 Å². The number of rotatable bonds is 9. The molecule has 286 valence electrons. The van der Waals surface area contributed by atoms with Crippen LogP contribution in [-0.2, 0) is 16.1 Å². The standard InChI is InChI=1S/C39H43FN10O5/c1-46(2)37(54)29-18-23-19-42-39(45-34(23)49(29)25-6-4-5-7-25)43-30-12-9-26(20-41-30)48-16-14-24(15-17-48)47(3)21-22-8-10-27-32(33(22)40)38(55)50(36(27)53)28-11-13-31(51)44-35(28)52/h8-10,12,18-20,24-25,28H,4-7,11,13-17,21H2,1-3H3,(H,44,51,52)(H,41,42,43,45). The molecule has 1 aliphatic carbocycles. The number of amides is 5. The minimum atomic E-state index is -1.15. The van der Waals surface area contributed by atoms with Crippen molar-refractivity contribution in [2.75, 3.05) is 44.4 Å². The number of piperidine rings is 2. The Morgan fingerprint density at radius 1 is 0.945 bits per heavy atom. The van der Waals surface area contributed by atoms with Crippen molar-refractivity contribution in [2.45, 2.75) is 76.0 Å². The van der Waals surface area contributed by atoms with E-state index in [2.05, 4.69) is 35.0 Å². The highest BCUT2D eigenvalue weighted by molar-refractivity contribution is 6.23. The first-order valence-corrected chi connectivity index (χ1v) is 18.8. The number of nitrogens with zero attached hydrogens (tertiary/aromatic N) is 8. The SMILES string of the molecule is CN(C)C(=O)c1cc2cnc(Nc3ccc(N4CCC(N(C)Cc5ccc6c(c5F)C(=O)N(C5CCC(=O)NC5=O)C6=O)CC4)cn3)nc2n1C1CCCC1. The summed E-state index contributed by atoms with van der Waals surface area (Å²) in [7, 11) is 5.43. The second-order valence-corrected chi connectivity index (χ2v) is 15.1. The first kappa shape index (κ1) is 36.2. The molecule has 4 aliphatic rings. The predicted molar refractivity (Wildman–Crippen MR) is 200 cm³/mol. The molecular formula is C39H43FN10O5. The van der Waals surface area contributed by atoms with Crippen molar-refractivity contribution in [3.8, 4) is 0 Å². The average molecular weight is 751 g/mol. The van der Waals surface area contributed by atoms with Crippen molar-refractivity contribution in [2.24, 2.45) is 0 Å². The van der Waals surface area contributed by atoms with Gasteiger partial charge in [0.15, 0.2) is 0 Å². The van der Waals surface area contributed by atoms with Crippen LogP contribution in [0.1, 0.15) is 94.2 Å². The zero-order valence-electron chi connectivity index (χ0n) is 31.0. The number of halogens is 1. The molecule has 5 amide bonds. The predicted octanol–water partition coefficient (Wildman–Crippen LogP) is 4.03. The number of benzene rings is 1. The number of pyridine rings is 1. The second-order valence-electron chi connectivity index (χ2n) is 15.1. The summed E-state index contributed by atoms with van der Waals surface area (Å²) in [5, 5.41) is 6.21. The summed E-state index contributed by atoms with van der Waals surface area (Å²) in [4.78, 5) is 84.1. The summed E-state index contributed by atoms with van der Waals surface area (Å²) in [5.41, 5.74) is 2.23. The van der Waals surface area contributed by atoms with E-state index in [1.807, 2.05) is 31.4 Å². The molecule has 1 saturated carbocycles. The van der Waals surface area contributed by atoms with Gasteiger partial charge in [-0.25, -0.2) is 14.4 Å². The second kappa shape index (κ2) is 14.5. The summed E-state index contributed by atoms with van der Waals surface area (Å²) in [6, 6.07) is 7.97. The molecule has 0 bridgehead atoms. The molecule has 4 aromatic rings. The Kier molecular flexibility index (Phi) is 9.53. The minimum Gasteiger partial charge on any atom is -0.370 e. The normalized spacial score (nSPS) is 19.5. The lowest BCUT2D eigenvalue weighted by Gasteiger charge is -2.37. The highest BCUT2D eigenvalue weighted by Gasteiger charge is 2.46. The number of fused-ring (bicyclic) bond motifs is 2. The van der Waals surface area contributed by atoms with Crippen LogP contribution in [0.2, 0.25) is 0 Å². The maximum atomic E-state index is 15.9. The van der Waals surface area contributed by atoms with E-state index in [0.717, 1.165) is 73.2 Å². The van der Waals surface area contributed by atoms with Crippen LogP contribution >= 0.6 is 0 Å². The molecule has 3 fully saturated rings. The average Bonchev–Trinajstić information content (AvgIpc) is 3.90. The molecule has 0 spiro atoms. The van der Waals surface area contributed by atoms with Crippen LogP contribution in [-0.4, -0.2) is 110 Å². The molecule has 8 rings (SSSR count). The zero-order valence-corrected chi connectivity index (χ0v) is 31.0. The quantitative estimate of drug-likeness (QED) is 0.237. The minimum absolute atomic E-state index is 0.00717. The Labute approximate surface area is 316 Å². The van der Waals surface area contributed by atoms with Gasteiger partial charge in [0.05, 0.1) is 23.0 Å². The molecule has 16 heteroatoms. The molecule has 1 unspecified atom stereocenters. The van der Waals surface area contributed by atoms with Crippen LogP contribution in [0.15, 0.2) is 42.7 Å². The summed E-state index contributed by atoms with van der Waals surface area (Å²) < 4.78 is 17.9. The molecule has 15 nitrogen and oxygen atoms in total. The maximum absolute atomic E-state index is 15.9. The summed E-state index contributed by atoms with van der Waals surface area (Å²) in [6.45, 7) is 1.75.